The first-order valence-corrected chi connectivity index (χ1v) is 7.31. The maximum Gasteiger partial charge on any atom is 0.147 e. The van der Waals surface area contributed by atoms with E-state index in [-0.39, 0.29) is 0 Å². The molecular weight excluding hydrogens is 238 g/mol. The molecule has 1 aromatic rings. The summed E-state index contributed by atoms with van der Waals surface area (Å²) in [5.41, 5.74) is 1.02. The average molecular weight is 261 g/mol. The summed E-state index contributed by atoms with van der Waals surface area (Å²) in [4.78, 5) is 14.1. The number of nitrogens with one attached hydrogen (secondary N) is 1. The molecule has 2 aliphatic heterocycles. The second kappa shape index (κ2) is 5.84. The zero-order valence-corrected chi connectivity index (χ0v) is 11.7. The Hall–Kier alpha value is -1.20. The van der Waals surface area contributed by atoms with E-state index >= 15 is 0 Å². The minimum Gasteiger partial charge on any atom is -0.354 e. The van der Waals surface area contributed by atoms with Crippen LogP contribution in [0.2, 0.25) is 0 Å². The summed E-state index contributed by atoms with van der Waals surface area (Å²) in [6.45, 7) is 5.52. The van der Waals surface area contributed by atoms with E-state index in [0.29, 0.717) is 0 Å². The molecule has 2 aliphatic rings. The van der Waals surface area contributed by atoms with Crippen molar-refractivity contribution in [2.24, 2.45) is 0 Å². The molecular formula is C14H23N5. The highest BCUT2D eigenvalue weighted by atomic mass is 15.3. The number of anilines is 1. The highest BCUT2D eigenvalue weighted by Gasteiger charge is 2.29. The summed E-state index contributed by atoms with van der Waals surface area (Å²) in [5.74, 6) is 1.04. The largest absolute Gasteiger partial charge is 0.354 e. The Morgan fingerprint density at radius 2 is 2.16 bits per heavy atom. The summed E-state index contributed by atoms with van der Waals surface area (Å²) >= 11 is 0. The lowest BCUT2D eigenvalue weighted by atomic mass is 10.2. The van der Waals surface area contributed by atoms with Crippen molar-refractivity contribution >= 4 is 5.82 Å². The van der Waals surface area contributed by atoms with E-state index in [2.05, 4.69) is 20.1 Å². The smallest absolute Gasteiger partial charge is 0.147 e. The quantitative estimate of drug-likeness (QED) is 0.875. The number of aromatic nitrogens is 2. The van der Waals surface area contributed by atoms with Crippen molar-refractivity contribution in [1.29, 1.82) is 0 Å². The monoisotopic (exact) mass is 261 g/mol. The van der Waals surface area contributed by atoms with E-state index in [4.69, 9.17) is 4.98 Å². The molecule has 0 aliphatic carbocycles. The van der Waals surface area contributed by atoms with Crippen molar-refractivity contribution in [1.82, 2.24) is 20.2 Å². The van der Waals surface area contributed by atoms with E-state index in [0.717, 1.165) is 37.2 Å². The van der Waals surface area contributed by atoms with Gasteiger partial charge in [0.15, 0.2) is 0 Å². The number of hydrogen-bond acceptors (Lipinski definition) is 5. The third-order valence-corrected chi connectivity index (χ3v) is 4.16. The van der Waals surface area contributed by atoms with Crippen LogP contribution >= 0.6 is 0 Å². The first kappa shape index (κ1) is 12.8. The molecule has 0 amide bonds. The Kier molecular flexibility index (Phi) is 3.94. The molecule has 1 aromatic heterocycles. The van der Waals surface area contributed by atoms with Gasteiger partial charge in [0, 0.05) is 38.4 Å². The minimum atomic E-state index is 0.720. The van der Waals surface area contributed by atoms with E-state index in [1.165, 1.54) is 32.4 Å². The van der Waals surface area contributed by atoms with E-state index in [1.54, 1.807) is 0 Å². The number of rotatable bonds is 3. The lowest BCUT2D eigenvalue weighted by Crippen LogP contribution is -2.37. The van der Waals surface area contributed by atoms with Gasteiger partial charge in [-0.3, -0.25) is 9.88 Å². The molecule has 0 saturated carbocycles. The molecule has 0 aromatic carbocycles. The third-order valence-electron chi connectivity index (χ3n) is 4.16. The van der Waals surface area contributed by atoms with Crippen LogP contribution in [0.4, 0.5) is 5.82 Å². The molecule has 3 heterocycles. The van der Waals surface area contributed by atoms with Crippen molar-refractivity contribution in [2.45, 2.75) is 31.8 Å². The van der Waals surface area contributed by atoms with Gasteiger partial charge in [0.05, 0.1) is 11.9 Å². The molecule has 19 heavy (non-hydrogen) atoms. The second-order valence-electron chi connectivity index (χ2n) is 5.53. The zero-order valence-electron chi connectivity index (χ0n) is 11.7. The van der Waals surface area contributed by atoms with Gasteiger partial charge < -0.3 is 10.2 Å². The van der Waals surface area contributed by atoms with Crippen LogP contribution in [0.3, 0.4) is 0 Å². The lowest BCUT2D eigenvalue weighted by Gasteiger charge is -2.26. The molecule has 5 heteroatoms. The molecule has 0 spiro atoms. The van der Waals surface area contributed by atoms with Crippen molar-refractivity contribution in [3.05, 3.63) is 18.1 Å². The normalized spacial score (nSPS) is 24.3. The zero-order chi connectivity index (χ0) is 13.1. The van der Waals surface area contributed by atoms with Crippen LogP contribution in [-0.4, -0.2) is 54.1 Å². The number of nitrogens with zero attached hydrogens (tertiary/aromatic N) is 4. The highest BCUT2D eigenvalue weighted by molar-refractivity contribution is 5.37. The number of hydrogen-bond donors (Lipinski definition) is 1. The van der Waals surface area contributed by atoms with Crippen molar-refractivity contribution in [2.75, 3.05) is 38.1 Å². The average Bonchev–Trinajstić information content (AvgIpc) is 2.77. The molecule has 104 valence electrons. The van der Waals surface area contributed by atoms with Crippen LogP contribution in [0.15, 0.2) is 12.4 Å². The van der Waals surface area contributed by atoms with Crippen molar-refractivity contribution < 1.29 is 0 Å². The van der Waals surface area contributed by atoms with Gasteiger partial charge in [-0.2, -0.15) is 0 Å². The predicted molar refractivity (Wildman–Crippen MR) is 76.2 cm³/mol. The van der Waals surface area contributed by atoms with Gasteiger partial charge in [-0.05, 0) is 32.9 Å². The fourth-order valence-corrected chi connectivity index (χ4v) is 3.23. The molecule has 0 radical (unpaired) electrons. The highest BCUT2D eigenvalue weighted by Crippen LogP contribution is 2.23. The van der Waals surface area contributed by atoms with E-state index < -0.39 is 0 Å². The summed E-state index contributed by atoms with van der Waals surface area (Å²) in [6.07, 6.45) is 7.67. The Balaban J connectivity index is 1.75. The molecule has 1 unspecified atom stereocenters. The Labute approximate surface area is 115 Å². The van der Waals surface area contributed by atoms with Gasteiger partial charge >= 0.3 is 0 Å². The summed E-state index contributed by atoms with van der Waals surface area (Å²) in [6, 6.07) is 0.720. The molecule has 1 atom stereocenters. The maximum absolute atomic E-state index is 4.72. The third kappa shape index (κ3) is 2.87. The fourth-order valence-electron chi connectivity index (χ4n) is 3.23. The molecule has 3 rings (SSSR count). The van der Waals surface area contributed by atoms with Gasteiger partial charge in [-0.25, -0.2) is 4.98 Å². The van der Waals surface area contributed by atoms with Gasteiger partial charge in [0.2, 0.25) is 0 Å². The Morgan fingerprint density at radius 1 is 1.26 bits per heavy atom. The predicted octanol–water partition coefficient (Wildman–Crippen LogP) is 0.871. The molecule has 2 fully saturated rings. The van der Waals surface area contributed by atoms with Gasteiger partial charge in [0.25, 0.3) is 0 Å². The van der Waals surface area contributed by atoms with Crippen LogP contribution in [0.25, 0.3) is 0 Å². The first-order valence-electron chi connectivity index (χ1n) is 7.31. The van der Waals surface area contributed by atoms with Crippen LogP contribution in [0.5, 0.6) is 0 Å². The standard InChI is InChI=1S/C14H23N5/c1-15-8-12-9-16-10-14(17-12)19-7-3-6-18-5-2-4-13(18)11-19/h9-10,13,15H,2-8,11H2,1H3. The van der Waals surface area contributed by atoms with Crippen molar-refractivity contribution in [3.63, 3.8) is 0 Å². The van der Waals surface area contributed by atoms with Crippen LogP contribution < -0.4 is 10.2 Å². The first-order chi connectivity index (χ1) is 9.36. The summed E-state index contributed by atoms with van der Waals surface area (Å²) in [7, 11) is 1.94. The SMILES string of the molecule is CNCc1cncc(N2CCCN3CCCC3C2)n1. The van der Waals surface area contributed by atoms with Crippen molar-refractivity contribution in [3.8, 4) is 0 Å². The van der Waals surface area contributed by atoms with E-state index in [9.17, 15) is 0 Å². The van der Waals surface area contributed by atoms with Gasteiger partial charge in [-0.15, -0.1) is 0 Å². The van der Waals surface area contributed by atoms with Crippen LogP contribution in [0.1, 0.15) is 25.0 Å². The van der Waals surface area contributed by atoms with E-state index in [1.807, 2.05) is 19.4 Å². The molecule has 2 saturated heterocycles. The maximum atomic E-state index is 4.72. The van der Waals surface area contributed by atoms with Crippen LogP contribution in [-0.2, 0) is 6.54 Å². The van der Waals surface area contributed by atoms with Crippen LogP contribution in [0, 0.1) is 0 Å². The number of fused-ring (bicyclic) bond motifs is 1. The van der Waals surface area contributed by atoms with Gasteiger partial charge in [0.1, 0.15) is 5.82 Å². The summed E-state index contributed by atoms with van der Waals surface area (Å²) in [5, 5.41) is 3.13. The fraction of sp³-hybridized carbons (Fsp3) is 0.714. The minimum absolute atomic E-state index is 0.720. The summed E-state index contributed by atoms with van der Waals surface area (Å²) < 4.78 is 0. The van der Waals surface area contributed by atoms with Gasteiger partial charge in [-0.1, -0.05) is 0 Å². The molecule has 0 bridgehead atoms. The topological polar surface area (TPSA) is 44.3 Å². The molecule has 1 N–H and O–H groups in total. The Morgan fingerprint density at radius 3 is 3.05 bits per heavy atom. The lowest BCUT2D eigenvalue weighted by molar-refractivity contribution is 0.273. The second-order valence-corrected chi connectivity index (χ2v) is 5.53. The molecule has 5 nitrogen and oxygen atoms in total. The Bertz CT molecular complexity index is 422.